The minimum Gasteiger partial charge on any atom is -0.495 e. The number of carbonyl (C=O) groups excluding carboxylic acids is 1. The van der Waals surface area contributed by atoms with E-state index in [-0.39, 0.29) is 22.1 Å². The maximum atomic E-state index is 13.0. The molecule has 0 aliphatic heterocycles. The molecule has 4 rings (SSSR count). The molecule has 2 heterocycles. The van der Waals surface area contributed by atoms with Gasteiger partial charge in [-0.2, -0.15) is 13.2 Å². The molecule has 176 valence electrons. The second-order valence-corrected chi connectivity index (χ2v) is 9.14. The first-order valence-electron chi connectivity index (χ1n) is 9.80. The molecule has 0 saturated carbocycles. The molecule has 1 amide bonds. The number of hydrogen-bond acceptors (Lipinski definition) is 6. The number of fused-ring (bicyclic) bond motifs is 1. The van der Waals surface area contributed by atoms with E-state index in [4.69, 9.17) is 9.15 Å². The number of ether oxygens (including phenoxy) is 1. The van der Waals surface area contributed by atoms with Gasteiger partial charge in [0, 0.05) is 18.1 Å². The summed E-state index contributed by atoms with van der Waals surface area (Å²) in [6, 6.07) is 11.1. The van der Waals surface area contributed by atoms with Crippen LogP contribution >= 0.6 is 0 Å². The van der Waals surface area contributed by atoms with Gasteiger partial charge in [-0.05, 0) is 48.0 Å². The summed E-state index contributed by atoms with van der Waals surface area (Å²) in [4.78, 5) is 15.8. The molecule has 4 aromatic rings. The van der Waals surface area contributed by atoms with Crippen LogP contribution in [-0.4, -0.2) is 26.4 Å². The number of carbonyl (C=O) groups is 1. The van der Waals surface area contributed by atoms with Crippen molar-refractivity contribution >= 4 is 26.7 Å². The Morgan fingerprint density at radius 1 is 1.09 bits per heavy atom. The van der Waals surface area contributed by atoms with Crippen LogP contribution in [0.15, 0.2) is 81.2 Å². The topological polar surface area (TPSA) is 98.5 Å². The third-order valence-corrected chi connectivity index (χ3v) is 6.82. The molecule has 0 aliphatic rings. The quantitative estimate of drug-likeness (QED) is 0.424. The van der Waals surface area contributed by atoms with Gasteiger partial charge in [0.05, 0.1) is 23.8 Å². The molecule has 34 heavy (non-hydrogen) atoms. The van der Waals surface area contributed by atoms with Crippen LogP contribution in [0.3, 0.4) is 0 Å². The van der Waals surface area contributed by atoms with Gasteiger partial charge in [-0.15, -0.1) is 0 Å². The Kier molecular flexibility index (Phi) is 6.05. The van der Waals surface area contributed by atoms with E-state index in [0.29, 0.717) is 23.3 Å². The van der Waals surface area contributed by atoms with Crippen molar-refractivity contribution in [3.63, 3.8) is 0 Å². The van der Waals surface area contributed by atoms with Crippen LogP contribution in [0.5, 0.6) is 5.75 Å². The van der Waals surface area contributed by atoms with E-state index in [9.17, 15) is 26.4 Å². The molecule has 0 saturated heterocycles. The normalized spacial score (nSPS) is 12.0. The molecule has 1 N–H and O–H groups in total. The summed E-state index contributed by atoms with van der Waals surface area (Å²) < 4.78 is 75.1. The van der Waals surface area contributed by atoms with E-state index in [2.05, 4.69) is 10.3 Å². The lowest BCUT2D eigenvalue weighted by molar-refractivity contribution is -0.137. The van der Waals surface area contributed by atoms with Crippen LogP contribution in [0.25, 0.3) is 11.0 Å². The largest absolute Gasteiger partial charge is 0.495 e. The van der Waals surface area contributed by atoms with Crippen molar-refractivity contribution in [3.8, 4) is 5.75 Å². The zero-order chi connectivity index (χ0) is 24.5. The Balaban J connectivity index is 1.50. The maximum Gasteiger partial charge on any atom is 0.416 e. The van der Waals surface area contributed by atoms with Crippen molar-refractivity contribution in [1.82, 2.24) is 10.3 Å². The number of amides is 1. The summed E-state index contributed by atoms with van der Waals surface area (Å²) in [6.45, 7) is 0.0953. The number of halogens is 3. The van der Waals surface area contributed by atoms with Gasteiger partial charge in [0.15, 0.2) is 11.3 Å². The van der Waals surface area contributed by atoms with E-state index < -0.39 is 33.2 Å². The first-order chi connectivity index (χ1) is 16.1. The predicted octanol–water partition coefficient (Wildman–Crippen LogP) is 4.62. The molecule has 2 aromatic heterocycles. The smallest absolute Gasteiger partial charge is 0.416 e. The van der Waals surface area contributed by atoms with Gasteiger partial charge in [-0.25, -0.2) is 8.42 Å². The molecule has 0 aliphatic carbocycles. The van der Waals surface area contributed by atoms with Crippen molar-refractivity contribution in [1.29, 1.82) is 0 Å². The average Bonchev–Trinajstić information content (AvgIpc) is 3.26. The van der Waals surface area contributed by atoms with Crippen molar-refractivity contribution in [3.05, 3.63) is 83.9 Å². The van der Waals surface area contributed by atoms with Gasteiger partial charge in [0.2, 0.25) is 9.84 Å². The molecule has 7 nitrogen and oxygen atoms in total. The first kappa shape index (κ1) is 23.3. The fraction of sp³-hybridized carbons (Fsp3) is 0.130. The number of alkyl halides is 3. The number of benzene rings is 2. The van der Waals surface area contributed by atoms with Gasteiger partial charge in [-0.3, -0.25) is 9.78 Å². The lowest BCUT2D eigenvalue weighted by atomic mass is 10.2. The van der Waals surface area contributed by atoms with Gasteiger partial charge in [0.25, 0.3) is 5.91 Å². The van der Waals surface area contributed by atoms with E-state index in [0.717, 1.165) is 18.6 Å². The van der Waals surface area contributed by atoms with Gasteiger partial charge in [-0.1, -0.05) is 12.1 Å². The fourth-order valence-corrected chi connectivity index (χ4v) is 4.65. The standard InChI is InChI=1S/C23H17F3N2O5S/c1-32-18-11-16(23(24,25)26)4-7-21(18)34(30,31)17-5-2-14(3-6-17)12-28-22(29)19-10-15-8-9-27-13-20(15)33-19/h2-11,13H,12H2,1H3,(H,28,29). The third kappa shape index (κ3) is 4.60. The molecule has 11 heteroatoms. The lowest BCUT2D eigenvalue weighted by Gasteiger charge is -2.13. The number of nitrogens with one attached hydrogen (secondary N) is 1. The first-order valence-corrected chi connectivity index (χ1v) is 11.3. The highest BCUT2D eigenvalue weighted by atomic mass is 32.2. The van der Waals surface area contributed by atoms with Crippen molar-refractivity contribution in [2.24, 2.45) is 0 Å². The van der Waals surface area contributed by atoms with Crippen LogP contribution in [0.2, 0.25) is 0 Å². The summed E-state index contributed by atoms with van der Waals surface area (Å²) in [5.41, 5.74) is 0.0560. The average molecular weight is 490 g/mol. The molecule has 2 aromatic carbocycles. The van der Waals surface area contributed by atoms with E-state index in [1.54, 1.807) is 18.3 Å². The Hall–Kier alpha value is -3.86. The number of methoxy groups -OCH3 is 1. The summed E-state index contributed by atoms with van der Waals surface area (Å²) in [5, 5.41) is 3.41. The number of furan rings is 1. The lowest BCUT2D eigenvalue weighted by Crippen LogP contribution is -2.22. The summed E-state index contributed by atoms with van der Waals surface area (Å²) in [5.74, 6) is -0.758. The van der Waals surface area contributed by atoms with E-state index >= 15 is 0 Å². The highest BCUT2D eigenvalue weighted by molar-refractivity contribution is 7.91. The minimum absolute atomic E-state index is 0.0953. The molecule has 0 bridgehead atoms. The highest BCUT2D eigenvalue weighted by Gasteiger charge is 2.33. The summed E-state index contributed by atoms with van der Waals surface area (Å²) >= 11 is 0. The maximum absolute atomic E-state index is 13.0. The van der Waals surface area contributed by atoms with Crippen LogP contribution in [0.1, 0.15) is 21.7 Å². The van der Waals surface area contributed by atoms with Crippen LogP contribution in [0, 0.1) is 0 Å². The molecule has 0 fully saturated rings. The molecular formula is C23H17F3N2O5S. The minimum atomic E-state index is -4.64. The van der Waals surface area contributed by atoms with E-state index in [1.165, 1.54) is 30.5 Å². The molecule has 0 atom stereocenters. The number of rotatable bonds is 6. The summed E-state index contributed by atoms with van der Waals surface area (Å²) in [7, 11) is -3.05. The molecule has 0 spiro atoms. The fourth-order valence-electron chi connectivity index (χ4n) is 3.25. The number of aromatic nitrogens is 1. The molecule has 0 radical (unpaired) electrons. The van der Waals surface area contributed by atoms with Crippen molar-refractivity contribution in [2.75, 3.05) is 7.11 Å². The number of nitrogens with zero attached hydrogens (tertiary/aromatic N) is 1. The predicted molar refractivity (Wildman–Crippen MR) is 115 cm³/mol. The van der Waals surface area contributed by atoms with Crippen LogP contribution in [-0.2, 0) is 22.6 Å². The third-order valence-electron chi connectivity index (χ3n) is 5.01. The van der Waals surface area contributed by atoms with Gasteiger partial charge < -0.3 is 14.5 Å². The van der Waals surface area contributed by atoms with Gasteiger partial charge >= 0.3 is 6.18 Å². The zero-order valence-electron chi connectivity index (χ0n) is 17.6. The second-order valence-electron chi connectivity index (χ2n) is 7.22. The van der Waals surface area contributed by atoms with Crippen LogP contribution in [0.4, 0.5) is 13.2 Å². The molecule has 0 unspecified atom stereocenters. The van der Waals surface area contributed by atoms with E-state index in [1.807, 2.05) is 0 Å². The number of pyridine rings is 1. The number of hydrogen-bond donors (Lipinski definition) is 1. The van der Waals surface area contributed by atoms with Crippen molar-refractivity contribution in [2.45, 2.75) is 22.5 Å². The Labute approximate surface area is 192 Å². The monoisotopic (exact) mass is 490 g/mol. The molecular weight excluding hydrogens is 473 g/mol. The Morgan fingerprint density at radius 2 is 1.82 bits per heavy atom. The van der Waals surface area contributed by atoms with Gasteiger partial charge in [0.1, 0.15) is 10.6 Å². The highest BCUT2D eigenvalue weighted by Crippen LogP contribution is 2.36. The summed E-state index contributed by atoms with van der Waals surface area (Å²) in [6.07, 6.45) is -1.56. The Morgan fingerprint density at radius 3 is 2.47 bits per heavy atom. The Bertz CT molecular complexity index is 1430. The van der Waals surface area contributed by atoms with Crippen LogP contribution < -0.4 is 10.1 Å². The second kappa shape index (κ2) is 8.82. The SMILES string of the molecule is COc1cc(C(F)(F)F)ccc1S(=O)(=O)c1ccc(CNC(=O)c2cc3ccncc3o2)cc1. The van der Waals surface area contributed by atoms with Crippen molar-refractivity contribution < 1.29 is 35.5 Å². The zero-order valence-corrected chi connectivity index (χ0v) is 18.4. The number of sulfone groups is 1.